The number of halogens is 1. The summed E-state index contributed by atoms with van der Waals surface area (Å²) >= 11 is 3.50. The highest BCUT2D eigenvalue weighted by Crippen LogP contribution is 2.27. The highest BCUT2D eigenvalue weighted by Gasteiger charge is 2.30. The van der Waals surface area contributed by atoms with Crippen LogP contribution in [-0.4, -0.2) is 18.2 Å². The van der Waals surface area contributed by atoms with Crippen LogP contribution >= 0.6 is 15.9 Å². The zero-order valence-electron chi connectivity index (χ0n) is 14.8. The van der Waals surface area contributed by atoms with E-state index in [0.717, 1.165) is 28.6 Å². The molecule has 4 rings (SSSR count). The summed E-state index contributed by atoms with van der Waals surface area (Å²) in [6.07, 6.45) is 1.45. The Kier molecular flexibility index (Phi) is 5.30. The summed E-state index contributed by atoms with van der Waals surface area (Å²) < 4.78 is 6.36. The van der Waals surface area contributed by atoms with Crippen molar-refractivity contribution in [3.05, 3.63) is 76.8 Å². The van der Waals surface area contributed by atoms with Gasteiger partial charge in [-0.1, -0.05) is 58.4 Å². The van der Waals surface area contributed by atoms with Crippen LogP contribution in [0.2, 0.25) is 0 Å². The molecule has 0 bridgehead atoms. The van der Waals surface area contributed by atoms with Crippen LogP contribution in [-0.2, 0) is 11.3 Å². The minimum atomic E-state index is -0.349. The Hall–Kier alpha value is -2.53. The van der Waals surface area contributed by atoms with Gasteiger partial charge in [0.2, 0.25) is 0 Å². The molecular weight excluding hydrogens is 404 g/mol. The first-order chi connectivity index (χ1) is 13.2. The van der Waals surface area contributed by atoms with Gasteiger partial charge in [0.1, 0.15) is 6.61 Å². The minimum absolute atomic E-state index is 0.169. The second kappa shape index (κ2) is 8.01. The molecule has 1 aliphatic carbocycles. The second-order valence-corrected chi connectivity index (χ2v) is 7.84. The number of ether oxygens (including phenoxy) is 1. The molecule has 27 heavy (non-hydrogen) atoms. The van der Waals surface area contributed by atoms with Crippen LogP contribution < -0.4 is 10.6 Å². The molecule has 3 aromatic rings. The van der Waals surface area contributed by atoms with Gasteiger partial charge >= 0.3 is 6.09 Å². The topological polar surface area (TPSA) is 50.4 Å². The van der Waals surface area contributed by atoms with E-state index < -0.39 is 0 Å². The fourth-order valence-electron chi connectivity index (χ4n) is 3.33. The van der Waals surface area contributed by atoms with E-state index in [9.17, 15) is 4.79 Å². The van der Waals surface area contributed by atoms with Gasteiger partial charge in [-0.2, -0.15) is 0 Å². The number of hydrogen-bond acceptors (Lipinski definition) is 3. The van der Waals surface area contributed by atoms with E-state index in [0.29, 0.717) is 12.6 Å². The van der Waals surface area contributed by atoms with E-state index in [4.69, 9.17) is 4.74 Å². The van der Waals surface area contributed by atoms with Gasteiger partial charge in [0.15, 0.2) is 0 Å². The minimum Gasteiger partial charge on any atom is -0.445 e. The molecule has 5 heteroatoms. The van der Waals surface area contributed by atoms with E-state index in [-0.39, 0.29) is 12.1 Å². The summed E-state index contributed by atoms with van der Waals surface area (Å²) in [5.41, 5.74) is 2.10. The molecule has 0 heterocycles. The molecule has 1 amide bonds. The standard InChI is InChI=1S/C22H21BrN2O2/c23-18-8-6-17-11-19(9-7-16(17)10-18)24-20-12-21(13-20)25-22(26)27-14-15-4-2-1-3-5-15/h1-11,20-21,24H,12-14H2,(H,25,26). The molecule has 1 saturated carbocycles. The normalized spacial score (nSPS) is 18.6. The number of amides is 1. The lowest BCUT2D eigenvalue weighted by molar-refractivity contribution is 0.129. The third-order valence-corrected chi connectivity index (χ3v) is 5.34. The molecule has 138 valence electrons. The van der Waals surface area contributed by atoms with Gasteiger partial charge in [-0.3, -0.25) is 0 Å². The predicted octanol–water partition coefficient (Wildman–Crippen LogP) is 5.47. The summed E-state index contributed by atoms with van der Waals surface area (Å²) in [5.74, 6) is 0. The fourth-order valence-corrected chi connectivity index (χ4v) is 3.71. The number of carbonyl (C=O) groups excluding carboxylic acids is 1. The van der Waals surface area contributed by atoms with Crippen LogP contribution in [0.3, 0.4) is 0 Å². The molecule has 1 fully saturated rings. The predicted molar refractivity (Wildman–Crippen MR) is 112 cm³/mol. The Morgan fingerprint density at radius 2 is 1.70 bits per heavy atom. The van der Waals surface area contributed by atoms with E-state index in [2.05, 4.69) is 63.0 Å². The molecule has 0 unspecified atom stereocenters. The Morgan fingerprint density at radius 3 is 2.52 bits per heavy atom. The van der Waals surface area contributed by atoms with Crippen LogP contribution in [0, 0.1) is 0 Å². The first-order valence-electron chi connectivity index (χ1n) is 9.09. The molecule has 0 atom stereocenters. The third-order valence-electron chi connectivity index (χ3n) is 4.85. The highest BCUT2D eigenvalue weighted by molar-refractivity contribution is 9.10. The van der Waals surface area contributed by atoms with E-state index in [1.807, 2.05) is 30.3 Å². The van der Waals surface area contributed by atoms with Crippen molar-refractivity contribution in [2.45, 2.75) is 31.5 Å². The molecule has 0 aliphatic heterocycles. The van der Waals surface area contributed by atoms with Gasteiger partial charge in [0.25, 0.3) is 0 Å². The lowest BCUT2D eigenvalue weighted by Crippen LogP contribution is -2.49. The van der Waals surface area contributed by atoms with Crippen molar-refractivity contribution in [1.82, 2.24) is 5.32 Å². The van der Waals surface area contributed by atoms with Crippen LogP contribution in [0.1, 0.15) is 18.4 Å². The fraction of sp³-hybridized carbons (Fsp3) is 0.227. The largest absolute Gasteiger partial charge is 0.445 e. The highest BCUT2D eigenvalue weighted by atomic mass is 79.9. The van der Waals surface area contributed by atoms with Crippen molar-refractivity contribution < 1.29 is 9.53 Å². The number of hydrogen-bond donors (Lipinski definition) is 2. The Bertz CT molecular complexity index is 939. The molecule has 4 nitrogen and oxygen atoms in total. The summed E-state index contributed by atoms with van der Waals surface area (Å²) in [6, 6.07) is 22.9. The number of benzene rings is 3. The number of anilines is 1. The van der Waals surface area contributed by atoms with Crippen LogP contribution in [0.25, 0.3) is 10.8 Å². The zero-order chi connectivity index (χ0) is 18.6. The Labute approximate surface area is 167 Å². The van der Waals surface area contributed by atoms with Gasteiger partial charge in [-0.25, -0.2) is 4.79 Å². The summed E-state index contributed by atoms with van der Waals surface area (Å²) in [5, 5.41) is 8.90. The molecule has 0 aromatic heterocycles. The number of nitrogens with one attached hydrogen (secondary N) is 2. The molecule has 3 aromatic carbocycles. The SMILES string of the molecule is O=C(NC1CC(Nc2ccc3cc(Br)ccc3c2)C1)OCc1ccccc1. The summed E-state index contributed by atoms with van der Waals surface area (Å²) in [6.45, 7) is 0.300. The number of carbonyl (C=O) groups is 1. The molecule has 1 aliphatic rings. The first kappa shape index (κ1) is 17.9. The van der Waals surface area contributed by atoms with Gasteiger partial charge in [0, 0.05) is 22.2 Å². The van der Waals surface area contributed by atoms with E-state index >= 15 is 0 Å². The van der Waals surface area contributed by atoms with Crippen LogP contribution in [0.5, 0.6) is 0 Å². The van der Waals surface area contributed by atoms with Crippen molar-refractivity contribution >= 4 is 38.5 Å². The average molecular weight is 425 g/mol. The molecular formula is C22H21BrN2O2. The molecule has 0 saturated heterocycles. The maximum Gasteiger partial charge on any atom is 0.407 e. The quantitative estimate of drug-likeness (QED) is 0.570. The maximum atomic E-state index is 11.9. The Morgan fingerprint density at radius 1 is 0.963 bits per heavy atom. The van der Waals surface area contributed by atoms with Gasteiger partial charge in [-0.05, 0) is 53.4 Å². The molecule has 0 radical (unpaired) electrons. The van der Waals surface area contributed by atoms with Crippen molar-refractivity contribution in [1.29, 1.82) is 0 Å². The van der Waals surface area contributed by atoms with E-state index in [1.165, 1.54) is 10.8 Å². The van der Waals surface area contributed by atoms with E-state index in [1.54, 1.807) is 0 Å². The maximum absolute atomic E-state index is 11.9. The molecule has 2 N–H and O–H groups in total. The number of alkyl carbamates (subject to hydrolysis) is 1. The number of fused-ring (bicyclic) bond motifs is 1. The third kappa shape index (κ3) is 4.61. The van der Waals surface area contributed by atoms with Crippen LogP contribution in [0.15, 0.2) is 71.2 Å². The lowest BCUT2D eigenvalue weighted by Gasteiger charge is -2.36. The summed E-state index contributed by atoms with van der Waals surface area (Å²) in [7, 11) is 0. The van der Waals surface area contributed by atoms with Gasteiger partial charge < -0.3 is 15.4 Å². The first-order valence-corrected chi connectivity index (χ1v) is 9.88. The monoisotopic (exact) mass is 424 g/mol. The van der Waals surface area contributed by atoms with Crippen molar-refractivity contribution in [2.24, 2.45) is 0 Å². The number of rotatable bonds is 5. The summed E-state index contributed by atoms with van der Waals surface area (Å²) in [4.78, 5) is 11.9. The lowest BCUT2D eigenvalue weighted by atomic mass is 9.86. The van der Waals surface area contributed by atoms with Crippen molar-refractivity contribution in [3.63, 3.8) is 0 Å². The Balaban J connectivity index is 1.22. The van der Waals surface area contributed by atoms with Gasteiger partial charge in [-0.15, -0.1) is 0 Å². The van der Waals surface area contributed by atoms with Crippen LogP contribution in [0.4, 0.5) is 10.5 Å². The van der Waals surface area contributed by atoms with Crippen molar-refractivity contribution in [2.75, 3.05) is 5.32 Å². The smallest absolute Gasteiger partial charge is 0.407 e. The van der Waals surface area contributed by atoms with Crippen molar-refractivity contribution in [3.8, 4) is 0 Å². The molecule has 0 spiro atoms. The average Bonchev–Trinajstić information content (AvgIpc) is 2.65. The zero-order valence-corrected chi connectivity index (χ0v) is 16.4. The van der Waals surface area contributed by atoms with Gasteiger partial charge in [0.05, 0.1) is 0 Å². The second-order valence-electron chi connectivity index (χ2n) is 6.92.